The van der Waals surface area contributed by atoms with Gasteiger partial charge >= 0.3 is 0 Å². The molecule has 17 heavy (non-hydrogen) atoms. The maximum atomic E-state index is 3.17. The van der Waals surface area contributed by atoms with Crippen LogP contribution in [0.3, 0.4) is 0 Å². The summed E-state index contributed by atoms with van der Waals surface area (Å²) in [6.07, 6.45) is 0. The largest absolute Gasteiger partial charge is 0.318 e. The standard InChI is InChI=1S/C13H18N2S.ClH/c1-14-7-8-15(2)10-12-9-11-5-3-4-6-13(11)16-12;/h3-6,9,14H,7-8,10H2,1-2H3;1H. The highest BCUT2D eigenvalue weighted by Gasteiger charge is 2.04. The van der Waals surface area contributed by atoms with Gasteiger partial charge < -0.3 is 10.2 Å². The minimum Gasteiger partial charge on any atom is -0.318 e. The molecule has 0 saturated heterocycles. The number of rotatable bonds is 5. The third-order valence-corrected chi connectivity index (χ3v) is 3.75. The van der Waals surface area contributed by atoms with Crippen molar-refractivity contribution in [2.75, 3.05) is 27.2 Å². The molecule has 2 nitrogen and oxygen atoms in total. The van der Waals surface area contributed by atoms with Crippen LogP contribution in [0, 0.1) is 0 Å². The second kappa shape index (κ2) is 6.97. The fraction of sp³-hybridized carbons (Fsp3) is 0.385. The zero-order valence-electron chi connectivity index (χ0n) is 10.3. The van der Waals surface area contributed by atoms with Gasteiger partial charge in [-0.05, 0) is 31.6 Å². The van der Waals surface area contributed by atoms with E-state index in [4.69, 9.17) is 0 Å². The zero-order valence-corrected chi connectivity index (χ0v) is 11.9. The van der Waals surface area contributed by atoms with Crippen LogP contribution in [-0.2, 0) is 6.54 Å². The maximum Gasteiger partial charge on any atom is 0.0346 e. The Hall–Kier alpha value is -0.610. The third-order valence-electron chi connectivity index (χ3n) is 2.65. The van der Waals surface area contributed by atoms with E-state index in [-0.39, 0.29) is 12.4 Å². The van der Waals surface area contributed by atoms with Gasteiger partial charge in [0, 0.05) is 29.2 Å². The number of thiophene rings is 1. The second-order valence-corrected chi connectivity index (χ2v) is 5.26. The van der Waals surface area contributed by atoms with Gasteiger partial charge in [-0.1, -0.05) is 18.2 Å². The van der Waals surface area contributed by atoms with Crippen molar-refractivity contribution in [2.45, 2.75) is 6.54 Å². The Morgan fingerprint density at radius 2 is 2.06 bits per heavy atom. The van der Waals surface area contributed by atoms with Gasteiger partial charge in [-0.3, -0.25) is 0 Å². The van der Waals surface area contributed by atoms with Gasteiger partial charge in [0.15, 0.2) is 0 Å². The SMILES string of the molecule is CNCCN(C)Cc1cc2ccccc2s1.Cl. The Bertz CT molecular complexity index is 422. The summed E-state index contributed by atoms with van der Waals surface area (Å²) < 4.78 is 1.39. The summed E-state index contributed by atoms with van der Waals surface area (Å²) in [4.78, 5) is 3.79. The monoisotopic (exact) mass is 270 g/mol. The van der Waals surface area contributed by atoms with Crippen LogP contribution in [0.15, 0.2) is 30.3 Å². The van der Waals surface area contributed by atoms with Crippen LogP contribution >= 0.6 is 23.7 Å². The van der Waals surface area contributed by atoms with Crippen molar-refractivity contribution in [1.29, 1.82) is 0 Å². The van der Waals surface area contributed by atoms with Crippen LogP contribution in [0.1, 0.15) is 4.88 Å². The van der Waals surface area contributed by atoms with Gasteiger partial charge in [0.25, 0.3) is 0 Å². The molecule has 2 aromatic rings. The quantitative estimate of drug-likeness (QED) is 0.899. The predicted molar refractivity (Wildman–Crippen MR) is 79.3 cm³/mol. The number of hydrogen-bond donors (Lipinski definition) is 1. The van der Waals surface area contributed by atoms with Gasteiger partial charge in [0.2, 0.25) is 0 Å². The van der Waals surface area contributed by atoms with E-state index in [2.05, 4.69) is 47.6 Å². The molecule has 1 aromatic heterocycles. The van der Waals surface area contributed by atoms with Crippen molar-refractivity contribution in [3.63, 3.8) is 0 Å². The van der Waals surface area contributed by atoms with Crippen molar-refractivity contribution in [3.8, 4) is 0 Å². The summed E-state index contributed by atoms with van der Waals surface area (Å²) in [5.74, 6) is 0. The molecule has 4 heteroatoms. The smallest absolute Gasteiger partial charge is 0.0346 e. The van der Waals surface area contributed by atoms with Gasteiger partial charge in [-0.15, -0.1) is 23.7 Å². The van der Waals surface area contributed by atoms with Crippen LogP contribution in [0.4, 0.5) is 0 Å². The van der Waals surface area contributed by atoms with Crippen molar-refractivity contribution in [3.05, 3.63) is 35.2 Å². The second-order valence-electron chi connectivity index (χ2n) is 4.09. The molecule has 0 saturated carbocycles. The molecule has 0 radical (unpaired) electrons. The Balaban J connectivity index is 0.00000144. The van der Waals surface area contributed by atoms with Gasteiger partial charge in [-0.2, -0.15) is 0 Å². The fourth-order valence-corrected chi connectivity index (χ4v) is 2.91. The summed E-state index contributed by atoms with van der Waals surface area (Å²) in [5, 5.41) is 4.54. The lowest BCUT2D eigenvalue weighted by Crippen LogP contribution is -2.26. The van der Waals surface area contributed by atoms with Crippen molar-refractivity contribution in [1.82, 2.24) is 10.2 Å². The summed E-state index contributed by atoms with van der Waals surface area (Å²) in [6.45, 7) is 3.17. The molecule has 0 unspecified atom stereocenters. The van der Waals surface area contributed by atoms with E-state index in [9.17, 15) is 0 Å². The summed E-state index contributed by atoms with van der Waals surface area (Å²) in [6, 6.07) is 10.9. The molecule has 0 amide bonds. The zero-order chi connectivity index (χ0) is 11.4. The normalized spacial score (nSPS) is 10.8. The van der Waals surface area contributed by atoms with Crippen LogP contribution in [0.25, 0.3) is 10.1 Å². The van der Waals surface area contributed by atoms with E-state index in [1.807, 2.05) is 18.4 Å². The Morgan fingerprint density at radius 3 is 2.76 bits per heavy atom. The van der Waals surface area contributed by atoms with Crippen LogP contribution in [0.5, 0.6) is 0 Å². The molecule has 2 rings (SSSR count). The first-order valence-electron chi connectivity index (χ1n) is 5.60. The predicted octanol–water partition coefficient (Wildman–Crippen LogP) is 2.97. The molecule has 0 spiro atoms. The molecule has 1 aromatic carbocycles. The van der Waals surface area contributed by atoms with Crippen molar-refractivity contribution >= 4 is 33.8 Å². The lowest BCUT2D eigenvalue weighted by atomic mass is 10.2. The van der Waals surface area contributed by atoms with Crippen LogP contribution in [-0.4, -0.2) is 32.1 Å². The molecule has 1 heterocycles. The Morgan fingerprint density at radius 1 is 1.29 bits per heavy atom. The summed E-state index contributed by atoms with van der Waals surface area (Å²) in [7, 11) is 4.16. The van der Waals surface area contributed by atoms with E-state index in [0.29, 0.717) is 0 Å². The average molecular weight is 271 g/mol. The average Bonchev–Trinajstić information content (AvgIpc) is 2.68. The van der Waals surface area contributed by atoms with Gasteiger partial charge in [-0.25, -0.2) is 0 Å². The van der Waals surface area contributed by atoms with E-state index < -0.39 is 0 Å². The number of likely N-dealkylation sites (N-methyl/N-ethyl adjacent to an activating group) is 2. The first kappa shape index (κ1) is 14.5. The highest BCUT2D eigenvalue weighted by molar-refractivity contribution is 7.19. The van der Waals surface area contributed by atoms with E-state index in [1.165, 1.54) is 15.0 Å². The van der Waals surface area contributed by atoms with E-state index in [1.54, 1.807) is 0 Å². The summed E-state index contributed by atoms with van der Waals surface area (Å²) >= 11 is 1.90. The van der Waals surface area contributed by atoms with Crippen LogP contribution in [0.2, 0.25) is 0 Å². The highest BCUT2D eigenvalue weighted by Crippen LogP contribution is 2.25. The molecular formula is C13H19ClN2S. The fourth-order valence-electron chi connectivity index (χ4n) is 1.76. The molecule has 0 aliphatic carbocycles. The topological polar surface area (TPSA) is 15.3 Å². The van der Waals surface area contributed by atoms with Gasteiger partial charge in [0.1, 0.15) is 0 Å². The van der Waals surface area contributed by atoms with E-state index in [0.717, 1.165) is 19.6 Å². The first-order chi connectivity index (χ1) is 7.79. The minimum absolute atomic E-state index is 0. The van der Waals surface area contributed by atoms with Gasteiger partial charge in [0.05, 0.1) is 0 Å². The molecule has 0 aliphatic rings. The molecule has 94 valence electrons. The van der Waals surface area contributed by atoms with Crippen LogP contribution < -0.4 is 5.32 Å². The third kappa shape index (κ3) is 3.96. The molecule has 1 N–H and O–H groups in total. The number of fused-ring (bicyclic) bond motifs is 1. The maximum absolute atomic E-state index is 3.17. The Labute approximate surface area is 113 Å². The number of hydrogen-bond acceptors (Lipinski definition) is 3. The first-order valence-corrected chi connectivity index (χ1v) is 6.42. The lowest BCUT2D eigenvalue weighted by Gasteiger charge is -2.14. The number of nitrogens with one attached hydrogen (secondary N) is 1. The lowest BCUT2D eigenvalue weighted by molar-refractivity contribution is 0.331. The minimum atomic E-state index is 0. The molecule has 0 aliphatic heterocycles. The number of nitrogens with zero attached hydrogens (tertiary/aromatic N) is 1. The highest BCUT2D eigenvalue weighted by atomic mass is 35.5. The molecular weight excluding hydrogens is 252 g/mol. The molecule has 0 bridgehead atoms. The summed E-state index contributed by atoms with van der Waals surface area (Å²) in [5.41, 5.74) is 0. The molecule has 0 fully saturated rings. The number of benzene rings is 1. The van der Waals surface area contributed by atoms with Crippen molar-refractivity contribution < 1.29 is 0 Å². The van der Waals surface area contributed by atoms with Crippen molar-refractivity contribution in [2.24, 2.45) is 0 Å². The Kier molecular flexibility index (Phi) is 5.92. The number of halogens is 1. The molecule has 0 atom stereocenters. The van der Waals surface area contributed by atoms with E-state index >= 15 is 0 Å².